The van der Waals surface area contributed by atoms with E-state index < -0.39 is 11.9 Å². The average Bonchev–Trinajstić information content (AvgIpc) is 3.34. The van der Waals surface area contributed by atoms with Gasteiger partial charge in [-0.2, -0.15) is 13.2 Å². The highest BCUT2D eigenvalue weighted by Gasteiger charge is 2.36. The fourth-order valence-electron chi connectivity index (χ4n) is 5.21. The lowest BCUT2D eigenvalue weighted by Crippen LogP contribution is -2.15. The van der Waals surface area contributed by atoms with Gasteiger partial charge in [0.1, 0.15) is 30.1 Å². The van der Waals surface area contributed by atoms with Gasteiger partial charge in [0, 0.05) is 41.7 Å². The first kappa shape index (κ1) is 26.2. The minimum atomic E-state index is -4.54. The van der Waals surface area contributed by atoms with Gasteiger partial charge in [-0.15, -0.1) is 5.10 Å². The van der Waals surface area contributed by atoms with Gasteiger partial charge in [-0.1, -0.05) is 12.1 Å². The fraction of sp³-hybridized carbons (Fsp3) is 0.357. The van der Waals surface area contributed by atoms with Crippen molar-refractivity contribution in [2.75, 3.05) is 19.0 Å². The molecule has 1 aliphatic heterocycles. The van der Waals surface area contributed by atoms with Crippen LogP contribution in [0.5, 0.6) is 11.6 Å². The number of methoxy groups -OCH3 is 1. The number of ether oxygens (including phenoxy) is 2. The van der Waals surface area contributed by atoms with Crippen LogP contribution in [0.1, 0.15) is 61.6 Å². The third kappa shape index (κ3) is 4.46. The first-order valence-corrected chi connectivity index (χ1v) is 13.5. The van der Waals surface area contributed by atoms with E-state index in [1.54, 1.807) is 36.2 Å². The molecule has 11 nitrogen and oxygen atoms in total. The smallest absolute Gasteiger partial charge is 0.434 e. The summed E-state index contributed by atoms with van der Waals surface area (Å²) in [6, 6.07) is 4.80. The topological polar surface area (TPSA) is 117 Å². The van der Waals surface area contributed by atoms with E-state index in [1.165, 1.54) is 10.9 Å². The van der Waals surface area contributed by atoms with Crippen LogP contribution in [0.2, 0.25) is 0 Å². The van der Waals surface area contributed by atoms with Crippen LogP contribution in [-0.4, -0.2) is 52.8 Å². The van der Waals surface area contributed by atoms with E-state index in [4.69, 9.17) is 14.5 Å². The summed E-state index contributed by atoms with van der Waals surface area (Å²) in [5.74, 6) is 2.36. The van der Waals surface area contributed by atoms with Gasteiger partial charge in [0.05, 0.1) is 18.8 Å². The lowest BCUT2D eigenvalue weighted by molar-refractivity contribution is -0.140. The summed E-state index contributed by atoms with van der Waals surface area (Å²) in [5, 5.41) is 8.11. The van der Waals surface area contributed by atoms with E-state index in [-0.39, 0.29) is 24.5 Å². The van der Waals surface area contributed by atoms with Crippen molar-refractivity contribution in [2.45, 2.75) is 50.9 Å². The SMILES string of the molecule is COc1ncnc(C2CC2)c1-c1nc(NC2COc3cc(-c4nc(C(F)(F)F)cn4C(C)C)ccc32)c2nccn2n1. The summed E-state index contributed by atoms with van der Waals surface area (Å²) >= 11 is 0. The second kappa shape index (κ2) is 9.67. The molecule has 1 fully saturated rings. The second-order valence-corrected chi connectivity index (χ2v) is 10.6. The molecule has 42 heavy (non-hydrogen) atoms. The predicted molar refractivity (Wildman–Crippen MR) is 145 cm³/mol. The van der Waals surface area contributed by atoms with Crippen molar-refractivity contribution < 1.29 is 22.6 Å². The molecule has 0 radical (unpaired) electrons. The first-order valence-electron chi connectivity index (χ1n) is 13.5. The number of fused-ring (bicyclic) bond motifs is 2. The maximum Gasteiger partial charge on any atom is 0.434 e. The molecule has 5 aromatic rings. The number of halogens is 3. The Morgan fingerprint density at radius 1 is 1.12 bits per heavy atom. The number of alkyl halides is 3. The lowest BCUT2D eigenvalue weighted by Gasteiger charge is -2.16. The molecular weight excluding hydrogens is 551 g/mol. The number of nitrogens with zero attached hydrogens (tertiary/aromatic N) is 8. The molecule has 0 saturated heterocycles. The molecule has 4 aromatic heterocycles. The molecule has 7 rings (SSSR count). The largest absolute Gasteiger partial charge is 0.491 e. The maximum atomic E-state index is 13.4. The van der Waals surface area contributed by atoms with Gasteiger partial charge < -0.3 is 19.4 Å². The van der Waals surface area contributed by atoms with E-state index >= 15 is 0 Å². The average molecular weight is 578 g/mol. The number of rotatable bonds is 7. The van der Waals surface area contributed by atoms with E-state index in [1.807, 2.05) is 19.9 Å². The minimum absolute atomic E-state index is 0.217. The molecule has 1 aliphatic carbocycles. The van der Waals surface area contributed by atoms with Crippen molar-refractivity contribution in [3.8, 4) is 34.4 Å². The summed E-state index contributed by atoms with van der Waals surface area (Å²) in [5.41, 5.74) is 2.45. The highest BCUT2D eigenvalue weighted by Crippen LogP contribution is 2.45. The quantitative estimate of drug-likeness (QED) is 0.268. The molecule has 1 unspecified atom stereocenters. The normalized spacial score (nSPS) is 16.6. The monoisotopic (exact) mass is 577 g/mol. The van der Waals surface area contributed by atoms with Gasteiger partial charge in [-0.05, 0) is 32.8 Å². The summed E-state index contributed by atoms with van der Waals surface area (Å²) < 4.78 is 55.0. The Labute approximate surface area is 237 Å². The maximum absolute atomic E-state index is 13.4. The van der Waals surface area contributed by atoms with E-state index in [2.05, 4.69) is 30.4 Å². The molecular formula is C28H26F3N9O2. The number of hydrogen-bond donors (Lipinski definition) is 1. The van der Waals surface area contributed by atoms with Gasteiger partial charge in [0.2, 0.25) is 5.88 Å². The summed E-state index contributed by atoms with van der Waals surface area (Å²) in [6.45, 7) is 3.90. The highest BCUT2D eigenvalue weighted by molar-refractivity contribution is 5.71. The van der Waals surface area contributed by atoms with Crippen molar-refractivity contribution in [3.05, 3.63) is 60.1 Å². The molecule has 14 heteroatoms. The Morgan fingerprint density at radius 2 is 1.95 bits per heavy atom. The zero-order chi connectivity index (χ0) is 29.2. The van der Waals surface area contributed by atoms with E-state index in [9.17, 15) is 13.2 Å². The van der Waals surface area contributed by atoms with Crippen LogP contribution in [0.15, 0.2) is 43.1 Å². The number of anilines is 1. The molecule has 1 saturated carbocycles. The molecule has 0 amide bonds. The first-order chi connectivity index (χ1) is 20.2. The highest BCUT2D eigenvalue weighted by atomic mass is 19.4. The van der Waals surface area contributed by atoms with Gasteiger partial charge in [-0.25, -0.2) is 29.4 Å². The van der Waals surface area contributed by atoms with Crippen LogP contribution in [0, 0.1) is 0 Å². The van der Waals surface area contributed by atoms with E-state index in [0.29, 0.717) is 46.0 Å². The molecule has 0 spiro atoms. The van der Waals surface area contributed by atoms with Crippen LogP contribution >= 0.6 is 0 Å². The second-order valence-electron chi connectivity index (χ2n) is 10.6. The number of benzene rings is 1. The number of hydrogen-bond acceptors (Lipinski definition) is 9. The zero-order valence-electron chi connectivity index (χ0n) is 22.9. The third-order valence-electron chi connectivity index (χ3n) is 7.42. The molecule has 5 heterocycles. The number of nitrogens with one attached hydrogen (secondary N) is 1. The van der Waals surface area contributed by atoms with Crippen molar-refractivity contribution in [3.63, 3.8) is 0 Å². The van der Waals surface area contributed by atoms with Gasteiger partial charge in [0.15, 0.2) is 23.0 Å². The van der Waals surface area contributed by atoms with Crippen LogP contribution in [0.4, 0.5) is 19.0 Å². The minimum Gasteiger partial charge on any atom is -0.491 e. The van der Waals surface area contributed by atoms with Crippen LogP contribution in [0.3, 0.4) is 0 Å². The summed E-state index contributed by atoms with van der Waals surface area (Å²) in [4.78, 5) is 22.0. The molecule has 1 N–H and O–H groups in total. The van der Waals surface area contributed by atoms with Crippen LogP contribution < -0.4 is 14.8 Å². The predicted octanol–water partition coefficient (Wildman–Crippen LogP) is 5.48. The van der Waals surface area contributed by atoms with Crippen molar-refractivity contribution >= 4 is 11.5 Å². The molecule has 216 valence electrons. The summed E-state index contributed by atoms with van der Waals surface area (Å²) in [7, 11) is 1.55. The lowest BCUT2D eigenvalue weighted by atomic mass is 10.1. The number of imidazole rings is 2. The van der Waals surface area contributed by atoms with Crippen molar-refractivity contribution in [2.24, 2.45) is 0 Å². The Kier molecular flexibility index (Phi) is 6.02. The molecule has 2 aliphatic rings. The Morgan fingerprint density at radius 3 is 2.69 bits per heavy atom. The van der Waals surface area contributed by atoms with Crippen LogP contribution in [-0.2, 0) is 6.18 Å². The zero-order valence-corrected chi connectivity index (χ0v) is 22.9. The van der Waals surface area contributed by atoms with Crippen LogP contribution in [0.25, 0.3) is 28.4 Å². The molecule has 1 atom stereocenters. The van der Waals surface area contributed by atoms with Gasteiger partial charge >= 0.3 is 6.18 Å². The third-order valence-corrected chi connectivity index (χ3v) is 7.42. The molecule has 0 bridgehead atoms. The van der Waals surface area contributed by atoms with Gasteiger partial charge in [-0.3, -0.25) is 0 Å². The van der Waals surface area contributed by atoms with Gasteiger partial charge in [0.25, 0.3) is 0 Å². The Hall–Kier alpha value is -4.75. The fourth-order valence-corrected chi connectivity index (χ4v) is 5.21. The van der Waals surface area contributed by atoms with E-state index in [0.717, 1.165) is 30.3 Å². The van der Waals surface area contributed by atoms with Crippen molar-refractivity contribution in [1.82, 2.24) is 39.1 Å². The molecule has 1 aromatic carbocycles. The Balaban J connectivity index is 1.24. The number of aromatic nitrogens is 8. The summed E-state index contributed by atoms with van der Waals surface area (Å²) in [6.07, 6.45) is 3.41. The standard InChI is InChI=1S/C28H26F3N9O2/c1-14(2)39-11-20(28(29,30)31)36-25(39)16-6-7-17-18(12-42-19(17)10-16)35-24-26-32-8-9-40(26)38-23(37-24)21-22(15-4-5-15)33-13-34-27(21)41-3/h6-11,13-15,18H,4-5,12H2,1-3H3,(H,35,37,38). The van der Waals surface area contributed by atoms with Crippen molar-refractivity contribution in [1.29, 1.82) is 0 Å². The Bertz CT molecular complexity index is 1810.